The lowest BCUT2D eigenvalue weighted by molar-refractivity contribution is -0.137. The van der Waals surface area contributed by atoms with Crippen molar-refractivity contribution in [2.45, 2.75) is 33.1 Å². The number of carbonyl (C=O) groups is 2. The number of ether oxygens (including phenoxy) is 1. The van der Waals surface area contributed by atoms with E-state index in [1.165, 1.54) is 0 Å². The average Bonchev–Trinajstić information content (AvgIpc) is 2.37. The number of carboxylic acids is 1. The topological polar surface area (TPSA) is 75.6 Å². The number of benzene rings is 1. The number of carbonyl (C=O) groups excluding carboxylic acids is 1. The Hall–Kier alpha value is -2.04. The summed E-state index contributed by atoms with van der Waals surface area (Å²) in [5.74, 6) is -0.157. The van der Waals surface area contributed by atoms with Crippen molar-refractivity contribution in [2.24, 2.45) is 0 Å². The molecule has 1 amide bonds. The van der Waals surface area contributed by atoms with Crippen LogP contribution in [0.25, 0.3) is 0 Å². The zero-order valence-corrected chi connectivity index (χ0v) is 12.2. The van der Waals surface area contributed by atoms with E-state index in [0.29, 0.717) is 24.9 Å². The van der Waals surface area contributed by atoms with Crippen molar-refractivity contribution < 1.29 is 19.4 Å². The largest absolute Gasteiger partial charge is 0.496 e. The Balaban J connectivity index is 2.54. The van der Waals surface area contributed by atoms with Crippen LogP contribution in [-0.4, -0.2) is 30.6 Å². The highest BCUT2D eigenvalue weighted by molar-refractivity contribution is 5.94. The molecule has 5 heteroatoms. The van der Waals surface area contributed by atoms with E-state index in [4.69, 9.17) is 9.84 Å². The standard InChI is InChI=1S/C15H21NO4/c1-10-8-12(9-11(2)14(10)20-3)15(19)16-7-5-4-6-13(17)18/h8-9H,4-7H2,1-3H3,(H,16,19)(H,17,18). The number of unbranched alkanes of at least 4 members (excludes halogenated alkanes) is 1. The summed E-state index contributed by atoms with van der Waals surface area (Å²) in [6, 6.07) is 3.58. The summed E-state index contributed by atoms with van der Waals surface area (Å²) in [7, 11) is 1.61. The number of hydrogen-bond acceptors (Lipinski definition) is 3. The van der Waals surface area contributed by atoms with Gasteiger partial charge in [0.2, 0.25) is 0 Å². The normalized spacial score (nSPS) is 10.2. The molecule has 0 aliphatic carbocycles. The monoisotopic (exact) mass is 279 g/mol. The molecule has 1 aromatic rings. The van der Waals surface area contributed by atoms with Gasteiger partial charge in [-0.05, 0) is 49.9 Å². The summed E-state index contributed by atoms with van der Waals surface area (Å²) in [5.41, 5.74) is 2.44. The number of amides is 1. The minimum atomic E-state index is -0.808. The molecule has 1 rings (SSSR count). The van der Waals surface area contributed by atoms with Crippen molar-refractivity contribution in [3.05, 3.63) is 28.8 Å². The van der Waals surface area contributed by atoms with Crippen molar-refractivity contribution in [1.82, 2.24) is 5.32 Å². The van der Waals surface area contributed by atoms with Gasteiger partial charge in [-0.25, -0.2) is 0 Å². The van der Waals surface area contributed by atoms with Crippen LogP contribution in [0.1, 0.15) is 40.7 Å². The highest BCUT2D eigenvalue weighted by Gasteiger charge is 2.10. The van der Waals surface area contributed by atoms with Gasteiger partial charge in [0.25, 0.3) is 5.91 Å². The SMILES string of the molecule is COc1c(C)cc(C(=O)NCCCCC(=O)O)cc1C. The van der Waals surface area contributed by atoms with Crippen LogP contribution in [0.15, 0.2) is 12.1 Å². The molecule has 110 valence electrons. The van der Waals surface area contributed by atoms with Crippen LogP contribution in [0.4, 0.5) is 0 Å². The van der Waals surface area contributed by atoms with Crippen LogP contribution in [0.5, 0.6) is 5.75 Å². The Bertz CT molecular complexity index is 474. The fraction of sp³-hybridized carbons (Fsp3) is 0.467. The Labute approximate surface area is 118 Å². The van der Waals surface area contributed by atoms with Crippen molar-refractivity contribution >= 4 is 11.9 Å². The maximum Gasteiger partial charge on any atom is 0.303 e. The van der Waals surface area contributed by atoms with Crippen LogP contribution in [-0.2, 0) is 4.79 Å². The zero-order valence-electron chi connectivity index (χ0n) is 12.2. The fourth-order valence-corrected chi connectivity index (χ4v) is 2.11. The second kappa shape index (κ2) is 7.53. The van der Waals surface area contributed by atoms with Gasteiger partial charge in [-0.3, -0.25) is 9.59 Å². The molecule has 5 nitrogen and oxygen atoms in total. The number of hydrogen-bond donors (Lipinski definition) is 2. The number of aryl methyl sites for hydroxylation is 2. The molecule has 0 atom stereocenters. The lowest BCUT2D eigenvalue weighted by Crippen LogP contribution is -2.24. The van der Waals surface area contributed by atoms with E-state index >= 15 is 0 Å². The summed E-state index contributed by atoms with van der Waals surface area (Å²) in [5, 5.41) is 11.3. The third-order valence-corrected chi connectivity index (χ3v) is 3.03. The number of methoxy groups -OCH3 is 1. The molecule has 0 heterocycles. The van der Waals surface area contributed by atoms with Gasteiger partial charge in [0, 0.05) is 18.5 Å². The predicted molar refractivity (Wildman–Crippen MR) is 76.3 cm³/mol. The fourth-order valence-electron chi connectivity index (χ4n) is 2.11. The zero-order chi connectivity index (χ0) is 15.1. The Morgan fingerprint density at radius 2 is 1.80 bits per heavy atom. The number of carboxylic acid groups (broad SMARTS) is 1. The quantitative estimate of drug-likeness (QED) is 0.751. The van der Waals surface area contributed by atoms with Crippen LogP contribution in [0.2, 0.25) is 0 Å². The first-order chi connectivity index (χ1) is 9.45. The van der Waals surface area contributed by atoms with Gasteiger partial charge in [0.05, 0.1) is 7.11 Å². The van der Waals surface area contributed by atoms with E-state index < -0.39 is 5.97 Å². The molecule has 0 saturated carbocycles. The molecule has 0 radical (unpaired) electrons. The molecule has 1 aromatic carbocycles. The Morgan fingerprint density at radius 1 is 1.20 bits per heavy atom. The second-order valence-electron chi connectivity index (χ2n) is 4.75. The highest BCUT2D eigenvalue weighted by Crippen LogP contribution is 2.24. The molecule has 0 saturated heterocycles. The van der Waals surface area contributed by atoms with Crippen molar-refractivity contribution in [1.29, 1.82) is 0 Å². The second-order valence-corrected chi connectivity index (χ2v) is 4.75. The average molecular weight is 279 g/mol. The molecule has 0 spiro atoms. The van der Waals surface area contributed by atoms with Gasteiger partial charge in [0.15, 0.2) is 0 Å². The summed E-state index contributed by atoms with van der Waals surface area (Å²) in [6.07, 6.45) is 1.36. The molecular formula is C15H21NO4. The van der Waals surface area contributed by atoms with E-state index in [1.54, 1.807) is 19.2 Å². The Kier molecular flexibility index (Phi) is 6.03. The summed E-state index contributed by atoms with van der Waals surface area (Å²) in [4.78, 5) is 22.3. The lowest BCUT2D eigenvalue weighted by atomic mass is 10.1. The molecular weight excluding hydrogens is 258 g/mol. The maximum absolute atomic E-state index is 12.0. The van der Waals surface area contributed by atoms with Crippen molar-refractivity contribution in [2.75, 3.05) is 13.7 Å². The van der Waals surface area contributed by atoms with Gasteiger partial charge in [0.1, 0.15) is 5.75 Å². The first-order valence-electron chi connectivity index (χ1n) is 6.61. The van der Waals surface area contributed by atoms with Crippen LogP contribution in [0, 0.1) is 13.8 Å². The lowest BCUT2D eigenvalue weighted by Gasteiger charge is -2.11. The van der Waals surface area contributed by atoms with E-state index in [2.05, 4.69) is 5.32 Å². The molecule has 0 fully saturated rings. The van der Waals surface area contributed by atoms with E-state index in [1.807, 2.05) is 13.8 Å². The first-order valence-corrected chi connectivity index (χ1v) is 6.61. The summed E-state index contributed by atoms with van der Waals surface area (Å²) in [6.45, 7) is 4.28. The molecule has 0 aliphatic rings. The smallest absolute Gasteiger partial charge is 0.303 e. The van der Waals surface area contributed by atoms with Gasteiger partial charge in [-0.15, -0.1) is 0 Å². The minimum absolute atomic E-state index is 0.136. The van der Waals surface area contributed by atoms with E-state index in [0.717, 1.165) is 16.9 Å². The molecule has 0 bridgehead atoms. The van der Waals surface area contributed by atoms with Gasteiger partial charge < -0.3 is 15.2 Å². The van der Waals surface area contributed by atoms with E-state index in [9.17, 15) is 9.59 Å². The molecule has 0 aliphatic heterocycles. The number of rotatable bonds is 7. The molecule has 0 aromatic heterocycles. The van der Waals surface area contributed by atoms with Gasteiger partial charge in [-0.2, -0.15) is 0 Å². The predicted octanol–water partition coefficient (Wildman–Crippen LogP) is 2.30. The first kappa shape index (κ1) is 16.0. The van der Waals surface area contributed by atoms with Crippen molar-refractivity contribution in [3.8, 4) is 5.75 Å². The van der Waals surface area contributed by atoms with Crippen LogP contribution in [0.3, 0.4) is 0 Å². The minimum Gasteiger partial charge on any atom is -0.496 e. The van der Waals surface area contributed by atoms with Crippen LogP contribution >= 0.6 is 0 Å². The van der Waals surface area contributed by atoms with E-state index in [-0.39, 0.29) is 12.3 Å². The van der Waals surface area contributed by atoms with Gasteiger partial charge >= 0.3 is 5.97 Å². The molecule has 20 heavy (non-hydrogen) atoms. The summed E-state index contributed by atoms with van der Waals surface area (Å²) >= 11 is 0. The molecule has 0 unspecified atom stereocenters. The number of aliphatic carboxylic acids is 1. The summed E-state index contributed by atoms with van der Waals surface area (Å²) < 4.78 is 5.26. The third kappa shape index (κ3) is 4.57. The highest BCUT2D eigenvalue weighted by atomic mass is 16.5. The molecule has 2 N–H and O–H groups in total. The van der Waals surface area contributed by atoms with Crippen molar-refractivity contribution in [3.63, 3.8) is 0 Å². The van der Waals surface area contributed by atoms with Crippen LogP contribution < -0.4 is 10.1 Å². The third-order valence-electron chi connectivity index (χ3n) is 3.03. The Morgan fingerprint density at radius 3 is 2.30 bits per heavy atom. The maximum atomic E-state index is 12.0. The number of nitrogens with one attached hydrogen (secondary N) is 1. The van der Waals surface area contributed by atoms with Gasteiger partial charge in [-0.1, -0.05) is 0 Å².